The minimum Gasteiger partial charge on any atom is -0.456 e. The van der Waals surface area contributed by atoms with Crippen LogP contribution in [0.15, 0.2) is 35.1 Å². The van der Waals surface area contributed by atoms with E-state index in [1.54, 1.807) is 18.5 Å². The lowest BCUT2D eigenvalue weighted by Gasteiger charge is -2.05. The normalized spacial score (nSPS) is 13.4. The lowest BCUT2D eigenvalue weighted by atomic mass is 10.2. The molecule has 1 aliphatic rings. The first-order chi connectivity index (χ1) is 11.1. The fourth-order valence-corrected chi connectivity index (χ4v) is 2.54. The van der Waals surface area contributed by atoms with E-state index in [2.05, 4.69) is 15.1 Å². The highest BCUT2D eigenvalue weighted by Crippen LogP contribution is 2.29. The van der Waals surface area contributed by atoms with Crippen LogP contribution in [0.1, 0.15) is 41.7 Å². The smallest absolute Gasteiger partial charge is 0.340 e. The van der Waals surface area contributed by atoms with Gasteiger partial charge in [0, 0.05) is 5.92 Å². The maximum absolute atomic E-state index is 12.1. The van der Waals surface area contributed by atoms with Crippen molar-refractivity contribution in [3.8, 4) is 17.2 Å². The SMILES string of the molecule is CC(C)c1nc(-c2ncn3c2COC(=O)c2ccccc2-3)no1. The summed E-state index contributed by atoms with van der Waals surface area (Å²) in [5.74, 6) is 0.730. The monoisotopic (exact) mass is 310 g/mol. The summed E-state index contributed by atoms with van der Waals surface area (Å²) in [7, 11) is 0. The Balaban J connectivity index is 1.86. The van der Waals surface area contributed by atoms with Crippen LogP contribution in [-0.4, -0.2) is 25.7 Å². The average Bonchev–Trinajstić information content (AvgIpc) is 3.16. The van der Waals surface area contributed by atoms with Gasteiger partial charge in [0.1, 0.15) is 18.6 Å². The van der Waals surface area contributed by atoms with Crippen LogP contribution in [0.25, 0.3) is 17.2 Å². The van der Waals surface area contributed by atoms with E-state index in [1.807, 2.05) is 30.5 Å². The highest BCUT2D eigenvalue weighted by molar-refractivity contribution is 5.94. The summed E-state index contributed by atoms with van der Waals surface area (Å²) < 4.78 is 12.4. The number of imidazole rings is 1. The summed E-state index contributed by atoms with van der Waals surface area (Å²) in [5, 5.41) is 3.99. The Morgan fingerprint density at radius 3 is 2.87 bits per heavy atom. The van der Waals surface area contributed by atoms with Crippen molar-refractivity contribution >= 4 is 5.97 Å². The first-order valence-corrected chi connectivity index (χ1v) is 7.32. The minimum absolute atomic E-state index is 0.106. The Hall–Kier alpha value is -2.96. The van der Waals surface area contributed by atoms with Crippen molar-refractivity contribution in [3.05, 3.63) is 47.7 Å². The van der Waals surface area contributed by atoms with Gasteiger partial charge in [-0.05, 0) is 12.1 Å². The molecule has 4 rings (SSSR count). The number of carbonyl (C=O) groups excluding carboxylic acids is 1. The Bertz CT molecular complexity index is 894. The highest BCUT2D eigenvalue weighted by atomic mass is 16.5. The van der Waals surface area contributed by atoms with Gasteiger partial charge in [-0.1, -0.05) is 31.1 Å². The molecule has 0 unspecified atom stereocenters. The molecule has 0 amide bonds. The van der Waals surface area contributed by atoms with Gasteiger partial charge in [0.2, 0.25) is 11.7 Å². The predicted octanol–water partition coefficient (Wildman–Crippen LogP) is 2.72. The summed E-state index contributed by atoms with van der Waals surface area (Å²) in [6.45, 7) is 4.06. The number of carbonyl (C=O) groups is 1. The molecule has 116 valence electrons. The topological polar surface area (TPSA) is 83.0 Å². The fourth-order valence-electron chi connectivity index (χ4n) is 2.54. The number of aromatic nitrogens is 4. The molecule has 7 nitrogen and oxygen atoms in total. The lowest BCUT2D eigenvalue weighted by molar-refractivity contribution is 0.0476. The average molecular weight is 310 g/mol. The number of fused-ring (bicyclic) bond motifs is 3. The van der Waals surface area contributed by atoms with E-state index >= 15 is 0 Å². The third-order valence-corrected chi connectivity index (χ3v) is 3.74. The molecular weight excluding hydrogens is 296 g/mol. The number of benzene rings is 1. The molecule has 3 heterocycles. The fraction of sp³-hybridized carbons (Fsp3) is 0.250. The van der Waals surface area contributed by atoms with Gasteiger partial charge in [0.05, 0.1) is 16.9 Å². The molecule has 0 saturated carbocycles. The number of ether oxygens (including phenoxy) is 1. The summed E-state index contributed by atoms with van der Waals surface area (Å²) >= 11 is 0. The molecule has 7 heteroatoms. The summed E-state index contributed by atoms with van der Waals surface area (Å²) in [6.07, 6.45) is 1.65. The van der Waals surface area contributed by atoms with Crippen LogP contribution in [0.3, 0.4) is 0 Å². The third kappa shape index (κ3) is 2.12. The van der Waals surface area contributed by atoms with E-state index in [1.165, 1.54) is 0 Å². The zero-order chi connectivity index (χ0) is 16.0. The lowest BCUT2D eigenvalue weighted by Crippen LogP contribution is -2.03. The molecule has 0 saturated heterocycles. The number of para-hydroxylation sites is 1. The van der Waals surface area contributed by atoms with Crippen LogP contribution >= 0.6 is 0 Å². The molecular formula is C16H14N4O3. The van der Waals surface area contributed by atoms with Gasteiger partial charge < -0.3 is 9.26 Å². The van der Waals surface area contributed by atoms with Crippen LogP contribution in [-0.2, 0) is 11.3 Å². The third-order valence-electron chi connectivity index (χ3n) is 3.74. The second-order valence-electron chi connectivity index (χ2n) is 5.61. The number of hydrogen-bond donors (Lipinski definition) is 0. The van der Waals surface area contributed by atoms with Crippen molar-refractivity contribution in [1.29, 1.82) is 0 Å². The van der Waals surface area contributed by atoms with Crippen molar-refractivity contribution in [1.82, 2.24) is 19.7 Å². The summed E-state index contributed by atoms with van der Waals surface area (Å²) in [6, 6.07) is 7.26. The first-order valence-electron chi connectivity index (χ1n) is 7.32. The molecule has 0 atom stereocenters. The van der Waals surface area contributed by atoms with E-state index in [0.29, 0.717) is 23.0 Å². The van der Waals surface area contributed by atoms with Crippen molar-refractivity contribution in [3.63, 3.8) is 0 Å². The number of hydrogen-bond acceptors (Lipinski definition) is 6. The summed E-state index contributed by atoms with van der Waals surface area (Å²) in [4.78, 5) is 20.9. The van der Waals surface area contributed by atoms with E-state index in [9.17, 15) is 4.79 Å². The van der Waals surface area contributed by atoms with Gasteiger partial charge in [0.15, 0.2) is 0 Å². The van der Waals surface area contributed by atoms with E-state index < -0.39 is 0 Å². The maximum Gasteiger partial charge on any atom is 0.340 e. The van der Waals surface area contributed by atoms with E-state index in [-0.39, 0.29) is 18.5 Å². The van der Waals surface area contributed by atoms with Gasteiger partial charge in [-0.3, -0.25) is 4.57 Å². The maximum atomic E-state index is 12.1. The van der Waals surface area contributed by atoms with Gasteiger partial charge >= 0.3 is 5.97 Å². The Kier molecular flexibility index (Phi) is 3.00. The zero-order valence-corrected chi connectivity index (χ0v) is 12.7. The van der Waals surface area contributed by atoms with Crippen LogP contribution in [0.4, 0.5) is 0 Å². The molecule has 1 aliphatic heterocycles. The number of rotatable bonds is 2. The van der Waals surface area contributed by atoms with Gasteiger partial charge in [0.25, 0.3) is 0 Å². The molecule has 0 bridgehead atoms. The molecule has 2 aromatic heterocycles. The van der Waals surface area contributed by atoms with Crippen molar-refractivity contribution < 1.29 is 14.1 Å². The second kappa shape index (κ2) is 5.05. The van der Waals surface area contributed by atoms with Crippen LogP contribution < -0.4 is 0 Å². The number of esters is 1. The number of cyclic esters (lactones) is 1. The Morgan fingerprint density at radius 1 is 1.26 bits per heavy atom. The molecule has 0 spiro atoms. The Morgan fingerprint density at radius 2 is 2.09 bits per heavy atom. The predicted molar refractivity (Wildman–Crippen MR) is 80.1 cm³/mol. The molecule has 0 N–H and O–H groups in total. The molecule has 0 aliphatic carbocycles. The standard InChI is InChI=1S/C16H14N4O3/c1-9(2)15-18-14(19-23-15)13-12-7-22-16(21)10-5-3-4-6-11(10)20(12)8-17-13/h3-6,8-9H,7H2,1-2H3. The van der Waals surface area contributed by atoms with E-state index in [4.69, 9.17) is 9.26 Å². The van der Waals surface area contributed by atoms with E-state index in [0.717, 1.165) is 11.4 Å². The van der Waals surface area contributed by atoms with Gasteiger partial charge in [-0.15, -0.1) is 0 Å². The first kappa shape index (κ1) is 13.7. The highest BCUT2D eigenvalue weighted by Gasteiger charge is 2.26. The largest absolute Gasteiger partial charge is 0.456 e. The van der Waals surface area contributed by atoms with Gasteiger partial charge in [-0.2, -0.15) is 4.98 Å². The molecule has 23 heavy (non-hydrogen) atoms. The second-order valence-corrected chi connectivity index (χ2v) is 5.61. The Labute approximate surface area is 131 Å². The van der Waals surface area contributed by atoms with Crippen molar-refractivity contribution in [2.75, 3.05) is 0 Å². The van der Waals surface area contributed by atoms with Gasteiger partial charge in [-0.25, -0.2) is 9.78 Å². The summed E-state index contributed by atoms with van der Waals surface area (Å²) in [5.41, 5.74) is 2.52. The minimum atomic E-state index is -0.355. The van der Waals surface area contributed by atoms with Crippen LogP contribution in [0, 0.1) is 0 Å². The molecule has 0 fully saturated rings. The van der Waals surface area contributed by atoms with Crippen molar-refractivity contribution in [2.45, 2.75) is 26.4 Å². The van der Waals surface area contributed by atoms with Crippen LogP contribution in [0.5, 0.6) is 0 Å². The van der Waals surface area contributed by atoms with Crippen LogP contribution in [0.2, 0.25) is 0 Å². The zero-order valence-electron chi connectivity index (χ0n) is 12.7. The molecule has 0 radical (unpaired) electrons. The quantitative estimate of drug-likeness (QED) is 0.677. The number of nitrogens with zero attached hydrogens (tertiary/aromatic N) is 4. The molecule has 3 aromatic rings. The molecule has 1 aromatic carbocycles. The van der Waals surface area contributed by atoms with Crippen molar-refractivity contribution in [2.24, 2.45) is 0 Å².